The quantitative estimate of drug-likeness (QED) is 0.758. The molecule has 2 rings (SSSR count). The first-order valence-corrected chi connectivity index (χ1v) is 6.02. The molecule has 3 nitrogen and oxygen atoms in total. The van der Waals surface area contributed by atoms with Crippen LogP contribution >= 0.6 is 0 Å². The molecule has 1 heterocycles. The minimum atomic E-state index is -0.314. The van der Waals surface area contributed by atoms with E-state index in [2.05, 4.69) is 24.9 Å². The van der Waals surface area contributed by atoms with Gasteiger partial charge in [0, 0.05) is 11.1 Å². The fourth-order valence-electron chi connectivity index (χ4n) is 2.01. The summed E-state index contributed by atoms with van der Waals surface area (Å²) in [6, 6.07) is 7.82. The van der Waals surface area contributed by atoms with Crippen molar-refractivity contribution in [1.82, 2.24) is 4.98 Å². The number of pyridine rings is 1. The van der Waals surface area contributed by atoms with E-state index in [1.807, 2.05) is 19.1 Å². The Morgan fingerprint density at radius 3 is 2.61 bits per heavy atom. The lowest BCUT2D eigenvalue weighted by molar-refractivity contribution is 0.0603. The third kappa shape index (κ3) is 2.21. The van der Waals surface area contributed by atoms with Crippen LogP contribution < -0.4 is 0 Å². The average Bonchev–Trinajstić information content (AvgIpc) is 2.36. The Balaban J connectivity index is 2.74. The zero-order valence-electron chi connectivity index (χ0n) is 11.2. The summed E-state index contributed by atoms with van der Waals surface area (Å²) in [7, 11) is 1.40. The number of rotatable bonds is 2. The third-order valence-corrected chi connectivity index (χ3v) is 3.03. The summed E-state index contributed by atoms with van der Waals surface area (Å²) < 4.78 is 4.83. The van der Waals surface area contributed by atoms with E-state index in [4.69, 9.17) is 4.74 Å². The van der Waals surface area contributed by atoms with E-state index in [-0.39, 0.29) is 5.97 Å². The summed E-state index contributed by atoms with van der Waals surface area (Å²) in [5.74, 6) is 0.104. The molecule has 0 saturated carbocycles. The number of nitrogens with zero attached hydrogens (tertiary/aromatic N) is 1. The lowest BCUT2D eigenvalue weighted by Gasteiger charge is -2.10. The predicted molar refractivity (Wildman–Crippen MR) is 71.9 cm³/mol. The molecule has 0 bridgehead atoms. The van der Waals surface area contributed by atoms with Crippen molar-refractivity contribution in [1.29, 1.82) is 0 Å². The van der Waals surface area contributed by atoms with Crippen LogP contribution in [-0.2, 0) is 4.74 Å². The number of benzene rings is 1. The molecule has 0 aliphatic heterocycles. The second-order valence-corrected chi connectivity index (χ2v) is 4.73. The Bertz CT molecular complexity index is 603. The number of carbonyl (C=O) groups excluding carboxylic acids is 1. The number of esters is 1. The van der Waals surface area contributed by atoms with Crippen molar-refractivity contribution in [2.24, 2.45) is 0 Å². The maximum Gasteiger partial charge on any atom is 0.338 e. The van der Waals surface area contributed by atoms with Crippen molar-refractivity contribution in [3.05, 3.63) is 41.1 Å². The Labute approximate surface area is 107 Å². The predicted octanol–water partition coefficient (Wildman–Crippen LogP) is 3.45. The molecule has 0 fully saturated rings. The average molecular weight is 243 g/mol. The normalized spacial score (nSPS) is 10.9. The first kappa shape index (κ1) is 12.6. The SMILES string of the molecule is COC(=O)c1cc(C)nc2ccc(C(C)C)cc12. The van der Waals surface area contributed by atoms with Gasteiger partial charge in [-0.15, -0.1) is 0 Å². The minimum absolute atomic E-state index is 0.314. The Hall–Kier alpha value is -1.90. The summed E-state index contributed by atoms with van der Waals surface area (Å²) in [5, 5.41) is 0.860. The number of hydrogen-bond donors (Lipinski definition) is 0. The van der Waals surface area contributed by atoms with Crippen LogP contribution in [0.25, 0.3) is 10.9 Å². The highest BCUT2D eigenvalue weighted by Crippen LogP contribution is 2.24. The van der Waals surface area contributed by atoms with Gasteiger partial charge in [-0.25, -0.2) is 4.79 Å². The fraction of sp³-hybridized carbons (Fsp3) is 0.333. The van der Waals surface area contributed by atoms with Gasteiger partial charge in [-0.2, -0.15) is 0 Å². The van der Waals surface area contributed by atoms with Crippen LogP contribution in [0.2, 0.25) is 0 Å². The van der Waals surface area contributed by atoms with Crippen molar-refractivity contribution >= 4 is 16.9 Å². The first-order valence-electron chi connectivity index (χ1n) is 6.02. The molecule has 3 heteroatoms. The van der Waals surface area contributed by atoms with E-state index in [9.17, 15) is 4.79 Å². The minimum Gasteiger partial charge on any atom is -0.465 e. The number of carbonyl (C=O) groups is 1. The zero-order chi connectivity index (χ0) is 13.3. The van der Waals surface area contributed by atoms with Crippen molar-refractivity contribution in [3.8, 4) is 0 Å². The molecule has 0 aliphatic rings. The van der Waals surface area contributed by atoms with Crippen LogP contribution in [0.15, 0.2) is 24.3 Å². The molecule has 0 radical (unpaired) electrons. The van der Waals surface area contributed by atoms with Crippen molar-refractivity contribution in [3.63, 3.8) is 0 Å². The standard InChI is InChI=1S/C15H17NO2/c1-9(2)11-5-6-14-12(8-11)13(15(17)18-4)7-10(3)16-14/h5-9H,1-4H3. The van der Waals surface area contributed by atoms with E-state index >= 15 is 0 Å². The summed E-state index contributed by atoms with van der Waals surface area (Å²) in [5.41, 5.74) is 3.43. The molecule has 0 unspecified atom stereocenters. The van der Waals surface area contributed by atoms with Gasteiger partial charge in [0.15, 0.2) is 0 Å². The molecule has 0 saturated heterocycles. The lowest BCUT2D eigenvalue weighted by Crippen LogP contribution is -2.04. The van der Waals surface area contributed by atoms with Crippen LogP contribution in [0, 0.1) is 6.92 Å². The van der Waals surface area contributed by atoms with Crippen LogP contribution in [0.5, 0.6) is 0 Å². The third-order valence-electron chi connectivity index (χ3n) is 3.03. The van der Waals surface area contributed by atoms with E-state index in [0.717, 1.165) is 16.6 Å². The first-order chi connectivity index (χ1) is 8.52. The van der Waals surface area contributed by atoms with Gasteiger partial charge in [0.25, 0.3) is 0 Å². The van der Waals surface area contributed by atoms with E-state index < -0.39 is 0 Å². The molecule has 1 aromatic carbocycles. The van der Waals surface area contributed by atoms with E-state index in [0.29, 0.717) is 11.5 Å². The molecule has 94 valence electrons. The summed E-state index contributed by atoms with van der Waals surface area (Å²) >= 11 is 0. The molecule has 0 aliphatic carbocycles. The summed E-state index contributed by atoms with van der Waals surface area (Å²) in [6.45, 7) is 6.13. The highest BCUT2D eigenvalue weighted by atomic mass is 16.5. The molecule has 0 amide bonds. The Kier molecular flexibility index (Phi) is 3.32. The molecule has 0 atom stereocenters. The van der Waals surface area contributed by atoms with Gasteiger partial charge < -0.3 is 4.74 Å². The molecule has 0 N–H and O–H groups in total. The molecular formula is C15H17NO2. The maximum atomic E-state index is 11.8. The summed E-state index contributed by atoms with van der Waals surface area (Å²) in [4.78, 5) is 16.3. The monoisotopic (exact) mass is 243 g/mol. The molecular weight excluding hydrogens is 226 g/mol. The molecule has 2 aromatic rings. The summed E-state index contributed by atoms with van der Waals surface area (Å²) in [6.07, 6.45) is 0. The van der Waals surface area contributed by atoms with Crippen molar-refractivity contribution in [2.75, 3.05) is 7.11 Å². The highest BCUT2D eigenvalue weighted by molar-refractivity contribution is 6.03. The van der Waals surface area contributed by atoms with E-state index in [1.165, 1.54) is 12.7 Å². The molecule has 1 aromatic heterocycles. The van der Waals surface area contributed by atoms with Gasteiger partial charge in [0.05, 0.1) is 18.2 Å². The molecule has 0 spiro atoms. The second-order valence-electron chi connectivity index (χ2n) is 4.73. The van der Waals surface area contributed by atoms with Gasteiger partial charge in [-0.3, -0.25) is 4.98 Å². The zero-order valence-corrected chi connectivity index (χ0v) is 11.2. The largest absolute Gasteiger partial charge is 0.465 e. The van der Waals surface area contributed by atoms with Crippen LogP contribution in [0.3, 0.4) is 0 Å². The number of fused-ring (bicyclic) bond motifs is 1. The highest BCUT2D eigenvalue weighted by Gasteiger charge is 2.13. The van der Waals surface area contributed by atoms with Crippen LogP contribution in [0.4, 0.5) is 0 Å². The maximum absolute atomic E-state index is 11.8. The molecule has 18 heavy (non-hydrogen) atoms. The van der Waals surface area contributed by atoms with Crippen LogP contribution in [-0.4, -0.2) is 18.1 Å². The van der Waals surface area contributed by atoms with Crippen molar-refractivity contribution in [2.45, 2.75) is 26.7 Å². The topological polar surface area (TPSA) is 39.2 Å². The number of methoxy groups -OCH3 is 1. The van der Waals surface area contributed by atoms with Gasteiger partial charge in [-0.1, -0.05) is 19.9 Å². The fourth-order valence-corrected chi connectivity index (χ4v) is 2.01. The van der Waals surface area contributed by atoms with Crippen LogP contribution in [0.1, 0.15) is 41.4 Å². The van der Waals surface area contributed by atoms with Crippen molar-refractivity contribution < 1.29 is 9.53 Å². The number of ether oxygens (including phenoxy) is 1. The van der Waals surface area contributed by atoms with Gasteiger partial charge in [-0.05, 0) is 36.6 Å². The second kappa shape index (κ2) is 4.77. The Morgan fingerprint density at radius 1 is 1.28 bits per heavy atom. The smallest absolute Gasteiger partial charge is 0.338 e. The van der Waals surface area contributed by atoms with Gasteiger partial charge in [0.2, 0.25) is 0 Å². The van der Waals surface area contributed by atoms with E-state index in [1.54, 1.807) is 6.07 Å². The number of aromatic nitrogens is 1. The number of hydrogen-bond acceptors (Lipinski definition) is 3. The number of aryl methyl sites for hydroxylation is 1. The lowest BCUT2D eigenvalue weighted by atomic mass is 9.98. The van der Waals surface area contributed by atoms with Gasteiger partial charge >= 0.3 is 5.97 Å². The Morgan fingerprint density at radius 2 is 2.00 bits per heavy atom. The van der Waals surface area contributed by atoms with Gasteiger partial charge in [0.1, 0.15) is 0 Å².